The highest BCUT2D eigenvalue weighted by atomic mass is 32.2. The van der Waals surface area contributed by atoms with Crippen LogP contribution in [0.4, 0.5) is 0 Å². The summed E-state index contributed by atoms with van der Waals surface area (Å²) in [7, 11) is -3.09. The topological polar surface area (TPSA) is 49.4 Å². The minimum atomic E-state index is -3.09. The van der Waals surface area contributed by atoms with Gasteiger partial charge >= 0.3 is 0 Å². The lowest BCUT2D eigenvalue weighted by Crippen LogP contribution is -2.40. The molecule has 0 amide bonds. The van der Waals surface area contributed by atoms with Gasteiger partial charge in [-0.1, -0.05) is 12.1 Å². The molecule has 0 radical (unpaired) electrons. The van der Waals surface area contributed by atoms with E-state index < -0.39 is 9.84 Å². The Hall–Kier alpha value is -0.910. The van der Waals surface area contributed by atoms with E-state index in [1.54, 1.807) is 12.1 Å². The van der Waals surface area contributed by atoms with Gasteiger partial charge in [-0.3, -0.25) is 4.90 Å². The van der Waals surface area contributed by atoms with Crippen LogP contribution in [0.3, 0.4) is 0 Å². The van der Waals surface area contributed by atoms with Crippen molar-refractivity contribution in [3.05, 3.63) is 29.8 Å². The van der Waals surface area contributed by atoms with Crippen LogP contribution < -0.4 is 5.32 Å². The van der Waals surface area contributed by atoms with E-state index >= 15 is 0 Å². The molecule has 2 heterocycles. The molecule has 1 aromatic carbocycles. The standard InChI is InChI=1S/C17H26N2O2S/c1-22(20,21)16-6-4-14(5-7-16)13-19-11-8-15(9-12-19)17-3-2-10-18-17/h4-7,15,17-18H,2-3,8-13H2,1H3. The first kappa shape index (κ1) is 16.0. The van der Waals surface area contributed by atoms with Crippen LogP contribution in [0.5, 0.6) is 0 Å². The zero-order valence-electron chi connectivity index (χ0n) is 13.3. The van der Waals surface area contributed by atoms with Crippen LogP contribution >= 0.6 is 0 Å². The Kier molecular flexibility index (Phi) is 4.85. The molecule has 1 atom stereocenters. The summed E-state index contributed by atoms with van der Waals surface area (Å²) < 4.78 is 23.0. The van der Waals surface area contributed by atoms with Crippen molar-refractivity contribution in [2.24, 2.45) is 5.92 Å². The first-order valence-corrected chi connectivity index (χ1v) is 10.2. The second-order valence-electron chi connectivity index (χ2n) is 6.73. The van der Waals surface area contributed by atoms with Crippen LogP contribution in [0, 0.1) is 5.92 Å². The lowest BCUT2D eigenvalue weighted by molar-refractivity contribution is 0.157. The van der Waals surface area contributed by atoms with Crippen molar-refractivity contribution in [2.75, 3.05) is 25.9 Å². The van der Waals surface area contributed by atoms with Gasteiger partial charge in [0.05, 0.1) is 4.90 Å². The number of piperidine rings is 1. The number of benzene rings is 1. The van der Waals surface area contributed by atoms with Crippen LogP contribution in [-0.2, 0) is 16.4 Å². The first-order chi connectivity index (χ1) is 10.5. The number of hydrogen-bond acceptors (Lipinski definition) is 4. The fraction of sp³-hybridized carbons (Fsp3) is 0.647. The molecule has 4 nitrogen and oxygen atoms in total. The fourth-order valence-electron chi connectivity index (χ4n) is 3.73. The third kappa shape index (κ3) is 3.89. The predicted octanol–water partition coefficient (Wildman–Crippen LogP) is 2.05. The lowest BCUT2D eigenvalue weighted by Gasteiger charge is -2.34. The molecule has 2 fully saturated rings. The van der Waals surface area contributed by atoms with Gasteiger partial charge in [0.15, 0.2) is 9.84 Å². The highest BCUT2D eigenvalue weighted by molar-refractivity contribution is 7.90. The maximum atomic E-state index is 11.5. The fourth-order valence-corrected chi connectivity index (χ4v) is 4.36. The molecule has 0 aromatic heterocycles. The molecular formula is C17H26N2O2S. The predicted molar refractivity (Wildman–Crippen MR) is 88.6 cm³/mol. The zero-order valence-corrected chi connectivity index (χ0v) is 14.1. The molecule has 3 rings (SSSR count). The van der Waals surface area contributed by atoms with Crippen molar-refractivity contribution in [1.29, 1.82) is 0 Å². The monoisotopic (exact) mass is 322 g/mol. The van der Waals surface area contributed by atoms with Crippen LogP contribution in [0.25, 0.3) is 0 Å². The Morgan fingerprint density at radius 2 is 1.82 bits per heavy atom. The third-order valence-electron chi connectivity index (χ3n) is 5.06. The summed E-state index contributed by atoms with van der Waals surface area (Å²) in [5.74, 6) is 0.839. The van der Waals surface area contributed by atoms with Crippen molar-refractivity contribution in [3.63, 3.8) is 0 Å². The van der Waals surface area contributed by atoms with Crippen molar-refractivity contribution in [3.8, 4) is 0 Å². The molecule has 1 aromatic rings. The van der Waals surface area contributed by atoms with E-state index in [4.69, 9.17) is 0 Å². The number of rotatable bonds is 4. The molecule has 122 valence electrons. The van der Waals surface area contributed by atoms with Crippen LogP contribution in [0.15, 0.2) is 29.2 Å². The molecule has 2 aliphatic heterocycles. The largest absolute Gasteiger partial charge is 0.314 e. The van der Waals surface area contributed by atoms with Crippen molar-refractivity contribution in [2.45, 2.75) is 43.2 Å². The lowest BCUT2D eigenvalue weighted by atomic mass is 9.88. The summed E-state index contributed by atoms with van der Waals surface area (Å²) in [4.78, 5) is 2.89. The minimum Gasteiger partial charge on any atom is -0.314 e. The third-order valence-corrected chi connectivity index (χ3v) is 6.19. The quantitative estimate of drug-likeness (QED) is 0.922. The SMILES string of the molecule is CS(=O)(=O)c1ccc(CN2CCC(C3CCCN3)CC2)cc1. The minimum absolute atomic E-state index is 0.405. The second kappa shape index (κ2) is 6.69. The summed E-state index contributed by atoms with van der Waals surface area (Å²) in [6, 6.07) is 8.08. The normalized spacial score (nSPS) is 24.7. The van der Waals surface area contributed by atoms with Crippen LogP contribution in [0.1, 0.15) is 31.2 Å². The zero-order chi connectivity index (χ0) is 15.6. The van der Waals surface area contributed by atoms with Gasteiger partial charge in [-0.2, -0.15) is 0 Å². The van der Waals surface area contributed by atoms with E-state index in [1.165, 1.54) is 44.0 Å². The van der Waals surface area contributed by atoms with Gasteiger partial charge in [-0.15, -0.1) is 0 Å². The number of sulfone groups is 1. The maximum Gasteiger partial charge on any atom is 0.175 e. The molecule has 0 aliphatic carbocycles. The van der Waals surface area contributed by atoms with E-state index in [0.29, 0.717) is 4.90 Å². The first-order valence-electron chi connectivity index (χ1n) is 8.27. The van der Waals surface area contributed by atoms with Crippen LogP contribution in [0.2, 0.25) is 0 Å². The van der Waals surface area contributed by atoms with Gasteiger partial charge in [0.1, 0.15) is 0 Å². The van der Waals surface area contributed by atoms with E-state index in [9.17, 15) is 8.42 Å². The van der Waals surface area contributed by atoms with E-state index in [0.717, 1.165) is 31.6 Å². The molecule has 1 unspecified atom stereocenters. The molecule has 0 spiro atoms. The molecule has 0 bridgehead atoms. The molecule has 5 heteroatoms. The molecule has 0 saturated carbocycles. The molecule has 2 aliphatic rings. The average molecular weight is 322 g/mol. The Bertz CT molecular complexity index is 584. The highest BCUT2D eigenvalue weighted by Crippen LogP contribution is 2.26. The summed E-state index contributed by atoms with van der Waals surface area (Å²) >= 11 is 0. The summed E-state index contributed by atoms with van der Waals surface area (Å²) in [5.41, 5.74) is 1.20. The molecular weight excluding hydrogens is 296 g/mol. The Morgan fingerprint density at radius 3 is 2.36 bits per heavy atom. The van der Waals surface area contributed by atoms with Gasteiger partial charge in [0.2, 0.25) is 0 Å². The molecule has 22 heavy (non-hydrogen) atoms. The summed E-state index contributed by atoms with van der Waals surface area (Å²) in [6.45, 7) is 4.42. The number of hydrogen-bond donors (Lipinski definition) is 1. The van der Waals surface area contributed by atoms with E-state index in [2.05, 4.69) is 10.2 Å². The Labute approximate surface area is 133 Å². The Morgan fingerprint density at radius 1 is 1.14 bits per heavy atom. The van der Waals surface area contributed by atoms with E-state index in [-0.39, 0.29) is 0 Å². The van der Waals surface area contributed by atoms with Gasteiger partial charge in [-0.05, 0) is 68.9 Å². The summed E-state index contributed by atoms with van der Waals surface area (Å²) in [5, 5.41) is 3.64. The van der Waals surface area contributed by atoms with Gasteiger partial charge < -0.3 is 5.32 Å². The van der Waals surface area contributed by atoms with Crippen molar-refractivity contribution >= 4 is 9.84 Å². The summed E-state index contributed by atoms with van der Waals surface area (Å²) in [6.07, 6.45) is 6.48. The second-order valence-corrected chi connectivity index (χ2v) is 8.75. The number of nitrogens with one attached hydrogen (secondary N) is 1. The van der Waals surface area contributed by atoms with Crippen molar-refractivity contribution in [1.82, 2.24) is 10.2 Å². The number of nitrogens with zero attached hydrogens (tertiary/aromatic N) is 1. The van der Waals surface area contributed by atoms with Gasteiger partial charge in [0, 0.05) is 18.8 Å². The van der Waals surface area contributed by atoms with E-state index in [1.807, 2.05) is 12.1 Å². The van der Waals surface area contributed by atoms with Gasteiger partial charge in [-0.25, -0.2) is 8.42 Å². The van der Waals surface area contributed by atoms with Gasteiger partial charge in [0.25, 0.3) is 0 Å². The smallest absolute Gasteiger partial charge is 0.175 e. The molecule has 1 N–H and O–H groups in total. The molecule has 2 saturated heterocycles. The average Bonchev–Trinajstić information content (AvgIpc) is 3.02. The Balaban J connectivity index is 1.52. The van der Waals surface area contributed by atoms with Crippen molar-refractivity contribution < 1.29 is 8.42 Å². The van der Waals surface area contributed by atoms with Crippen LogP contribution in [-0.4, -0.2) is 45.2 Å². The highest BCUT2D eigenvalue weighted by Gasteiger charge is 2.28. The maximum absolute atomic E-state index is 11.5. The number of likely N-dealkylation sites (tertiary alicyclic amines) is 1.